The Bertz CT molecular complexity index is 375. The number of ether oxygens (including phenoxy) is 1. The predicted molar refractivity (Wildman–Crippen MR) is 78.5 cm³/mol. The summed E-state index contributed by atoms with van der Waals surface area (Å²) >= 11 is 3.56. The number of thioether (sulfide) groups is 2. The number of hydrogen-bond acceptors (Lipinski definition) is 4. The van der Waals surface area contributed by atoms with Crippen LogP contribution in [0.15, 0.2) is 28.8 Å². The highest BCUT2D eigenvalue weighted by atomic mass is 32.2. The molecule has 0 atom stereocenters. The molecular formula is C12H20N2OS2. The van der Waals surface area contributed by atoms with Crippen LogP contribution in [0.1, 0.15) is 0 Å². The first kappa shape index (κ1) is 14.4. The minimum atomic E-state index is 0.653. The highest BCUT2D eigenvalue weighted by Crippen LogP contribution is 2.35. The van der Waals surface area contributed by atoms with Crippen LogP contribution in [0.4, 0.5) is 5.82 Å². The van der Waals surface area contributed by atoms with Crippen molar-refractivity contribution in [1.29, 1.82) is 0 Å². The number of aromatic nitrogens is 1. The third kappa shape index (κ3) is 3.39. The molecule has 0 aliphatic carbocycles. The van der Waals surface area contributed by atoms with E-state index in [0.717, 1.165) is 6.54 Å². The summed E-state index contributed by atoms with van der Waals surface area (Å²) in [5.74, 6) is 1.21. The molecule has 17 heavy (non-hydrogen) atoms. The van der Waals surface area contributed by atoms with Crippen LogP contribution >= 0.6 is 23.5 Å². The average molecular weight is 272 g/mol. The van der Waals surface area contributed by atoms with Gasteiger partial charge in [-0.1, -0.05) is 6.58 Å². The summed E-state index contributed by atoms with van der Waals surface area (Å²) in [4.78, 5) is 3.45. The Balaban J connectivity index is 3.03. The van der Waals surface area contributed by atoms with E-state index in [4.69, 9.17) is 4.74 Å². The minimum absolute atomic E-state index is 0.653. The maximum atomic E-state index is 5.22. The van der Waals surface area contributed by atoms with Crippen LogP contribution in [0.5, 0.6) is 0 Å². The molecule has 1 aromatic heterocycles. The average Bonchev–Trinajstić information content (AvgIpc) is 2.67. The van der Waals surface area contributed by atoms with Crippen LogP contribution in [0.25, 0.3) is 0 Å². The van der Waals surface area contributed by atoms with Gasteiger partial charge in [0.1, 0.15) is 12.4 Å². The molecule has 0 N–H and O–H groups in total. The zero-order valence-electron chi connectivity index (χ0n) is 10.9. The number of nitrogens with zero attached hydrogens (tertiary/aromatic N) is 2. The van der Waals surface area contributed by atoms with Crippen molar-refractivity contribution in [3.05, 3.63) is 18.9 Å². The zero-order valence-corrected chi connectivity index (χ0v) is 12.5. The molecule has 1 aromatic rings. The number of rotatable bonds is 7. The van der Waals surface area contributed by atoms with E-state index in [9.17, 15) is 0 Å². The molecule has 0 aromatic carbocycles. The van der Waals surface area contributed by atoms with E-state index in [1.54, 1.807) is 23.5 Å². The smallest absolute Gasteiger partial charge is 0.110 e. The molecule has 1 heterocycles. The van der Waals surface area contributed by atoms with Gasteiger partial charge in [0.15, 0.2) is 0 Å². The van der Waals surface area contributed by atoms with Crippen molar-refractivity contribution >= 4 is 29.3 Å². The van der Waals surface area contributed by atoms with Crippen molar-refractivity contribution in [3.63, 3.8) is 0 Å². The minimum Gasteiger partial charge on any atom is -0.500 e. The SMILES string of the molecule is C=COCCn1c(N(C)C)cc(SC)c1SC. The lowest BCUT2D eigenvalue weighted by Gasteiger charge is -2.17. The van der Waals surface area contributed by atoms with E-state index in [1.165, 1.54) is 22.0 Å². The Morgan fingerprint density at radius 3 is 2.59 bits per heavy atom. The van der Waals surface area contributed by atoms with Gasteiger partial charge in [0.05, 0.1) is 17.8 Å². The molecule has 0 amide bonds. The van der Waals surface area contributed by atoms with Gasteiger partial charge in [-0.2, -0.15) is 0 Å². The van der Waals surface area contributed by atoms with Crippen molar-refractivity contribution in [2.75, 3.05) is 38.1 Å². The second-order valence-corrected chi connectivity index (χ2v) is 5.31. The lowest BCUT2D eigenvalue weighted by Crippen LogP contribution is -2.16. The van der Waals surface area contributed by atoms with Crippen molar-refractivity contribution in [1.82, 2.24) is 4.57 Å². The molecule has 5 heteroatoms. The van der Waals surface area contributed by atoms with Gasteiger partial charge < -0.3 is 14.2 Å². The summed E-state index contributed by atoms with van der Waals surface area (Å²) in [6.07, 6.45) is 5.71. The molecule has 0 spiro atoms. The van der Waals surface area contributed by atoms with E-state index < -0.39 is 0 Å². The monoisotopic (exact) mass is 272 g/mol. The molecule has 0 saturated heterocycles. The predicted octanol–water partition coefficient (Wildman–Crippen LogP) is 3.16. The first-order valence-corrected chi connectivity index (χ1v) is 7.82. The van der Waals surface area contributed by atoms with E-state index >= 15 is 0 Å². The molecule has 0 saturated carbocycles. The van der Waals surface area contributed by atoms with E-state index in [0.29, 0.717) is 6.61 Å². The van der Waals surface area contributed by atoms with Gasteiger partial charge in [-0.25, -0.2) is 0 Å². The van der Waals surface area contributed by atoms with E-state index in [-0.39, 0.29) is 0 Å². The fraction of sp³-hybridized carbons (Fsp3) is 0.500. The summed E-state index contributed by atoms with van der Waals surface area (Å²) in [6.45, 7) is 5.06. The van der Waals surface area contributed by atoms with Crippen LogP contribution in [0, 0.1) is 0 Å². The Labute approximate surface area is 112 Å². The van der Waals surface area contributed by atoms with Gasteiger partial charge in [0, 0.05) is 19.0 Å². The Morgan fingerprint density at radius 1 is 1.41 bits per heavy atom. The fourth-order valence-corrected chi connectivity index (χ4v) is 3.34. The summed E-state index contributed by atoms with van der Waals surface area (Å²) in [7, 11) is 4.13. The van der Waals surface area contributed by atoms with Crippen molar-refractivity contribution in [2.24, 2.45) is 0 Å². The molecule has 0 aliphatic rings. The first-order chi connectivity index (χ1) is 8.15. The van der Waals surface area contributed by atoms with Gasteiger partial charge >= 0.3 is 0 Å². The molecule has 0 radical (unpaired) electrons. The fourth-order valence-electron chi connectivity index (χ4n) is 1.66. The largest absolute Gasteiger partial charge is 0.500 e. The first-order valence-electron chi connectivity index (χ1n) is 5.37. The summed E-state index contributed by atoms with van der Waals surface area (Å²) in [5, 5.41) is 1.30. The standard InChI is InChI=1S/C12H20N2OS2/c1-6-15-8-7-14-11(13(2)3)9-10(16-4)12(14)17-5/h6,9H,1,7-8H2,2-5H3. The third-order valence-corrected chi connectivity index (χ3v) is 4.12. The van der Waals surface area contributed by atoms with Crippen LogP contribution < -0.4 is 4.90 Å². The lowest BCUT2D eigenvalue weighted by atomic mass is 10.5. The van der Waals surface area contributed by atoms with E-state index in [2.05, 4.69) is 48.7 Å². The maximum Gasteiger partial charge on any atom is 0.110 e. The molecule has 0 bridgehead atoms. The zero-order chi connectivity index (χ0) is 12.8. The normalized spacial score (nSPS) is 10.4. The Morgan fingerprint density at radius 2 is 2.12 bits per heavy atom. The van der Waals surface area contributed by atoms with Gasteiger partial charge in [-0.3, -0.25) is 0 Å². The topological polar surface area (TPSA) is 17.4 Å². The van der Waals surface area contributed by atoms with Crippen molar-refractivity contribution in [2.45, 2.75) is 16.5 Å². The quantitative estimate of drug-likeness (QED) is 0.431. The van der Waals surface area contributed by atoms with Gasteiger partial charge in [-0.15, -0.1) is 23.5 Å². The molecule has 0 aliphatic heterocycles. The van der Waals surface area contributed by atoms with Gasteiger partial charge in [0.2, 0.25) is 0 Å². The second kappa shape index (κ2) is 6.91. The van der Waals surface area contributed by atoms with Crippen molar-refractivity contribution < 1.29 is 4.74 Å². The number of anilines is 1. The van der Waals surface area contributed by atoms with Gasteiger partial charge in [-0.05, 0) is 18.6 Å². The summed E-state index contributed by atoms with van der Waals surface area (Å²) in [5.41, 5.74) is 0. The summed E-state index contributed by atoms with van der Waals surface area (Å²) in [6, 6.07) is 2.23. The molecule has 96 valence electrons. The lowest BCUT2D eigenvalue weighted by molar-refractivity contribution is 0.233. The molecular weight excluding hydrogens is 252 g/mol. The Kier molecular flexibility index (Phi) is 5.85. The van der Waals surface area contributed by atoms with Crippen LogP contribution in [0.2, 0.25) is 0 Å². The van der Waals surface area contributed by atoms with Gasteiger partial charge in [0.25, 0.3) is 0 Å². The second-order valence-electron chi connectivity index (χ2n) is 3.66. The van der Waals surface area contributed by atoms with Crippen LogP contribution in [0.3, 0.4) is 0 Å². The van der Waals surface area contributed by atoms with E-state index in [1.807, 2.05) is 0 Å². The molecule has 0 fully saturated rings. The third-order valence-electron chi connectivity index (χ3n) is 2.41. The van der Waals surface area contributed by atoms with Crippen LogP contribution in [-0.4, -0.2) is 37.8 Å². The highest BCUT2D eigenvalue weighted by Gasteiger charge is 2.14. The molecule has 3 nitrogen and oxygen atoms in total. The Hall–Kier alpha value is -0.680. The highest BCUT2D eigenvalue weighted by molar-refractivity contribution is 8.01. The van der Waals surface area contributed by atoms with Crippen molar-refractivity contribution in [3.8, 4) is 0 Å². The molecule has 1 rings (SSSR count). The number of hydrogen-bond donors (Lipinski definition) is 0. The summed E-state index contributed by atoms with van der Waals surface area (Å²) < 4.78 is 7.51. The van der Waals surface area contributed by atoms with Crippen LogP contribution in [-0.2, 0) is 11.3 Å². The maximum absolute atomic E-state index is 5.22. The molecule has 0 unspecified atom stereocenters.